The number of nitrogen functional groups attached to an aromatic ring is 1. The molecular weight excluding hydrogens is 278 g/mol. The number of hydrazone groups is 1. The number of nitrogens with one attached hydrogen (secondary N) is 1. The molecule has 0 unspecified atom stereocenters. The van der Waals surface area contributed by atoms with E-state index in [0.29, 0.717) is 15.9 Å². The van der Waals surface area contributed by atoms with E-state index < -0.39 is 0 Å². The Bertz CT molecular complexity index is 626. The van der Waals surface area contributed by atoms with Gasteiger partial charge in [-0.25, -0.2) is 5.43 Å². The number of anilines is 1. The third-order valence-corrected chi connectivity index (χ3v) is 3.08. The molecule has 0 atom stereocenters. The number of amides is 1. The first-order chi connectivity index (χ1) is 9.69. The van der Waals surface area contributed by atoms with E-state index in [9.17, 15) is 4.79 Å². The molecule has 0 radical (unpaired) electrons. The van der Waals surface area contributed by atoms with Gasteiger partial charge in [-0.2, -0.15) is 5.10 Å². The number of aromatic nitrogens is 2. The van der Waals surface area contributed by atoms with Crippen molar-refractivity contribution in [3.8, 4) is 5.75 Å². The summed E-state index contributed by atoms with van der Waals surface area (Å²) in [6, 6.07) is 7.36. The van der Waals surface area contributed by atoms with Gasteiger partial charge in [-0.1, -0.05) is 23.5 Å². The van der Waals surface area contributed by atoms with Crippen LogP contribution in [0.5, 0.6) is 5.75 Å². The highest BCUT2D eigenvalue weighted by atomic mass is 32.1. The van der Waals surface area contributed by atoms with Crippen molar-refractivity contribution in [2.24, 2.45) is 5.10 Å². The summed E-state index contributed by atoms with van der Waals surface area (Å²) in [4.78, 5) is 11.6. The van der Waals surface area contributed by atoms with E-state index in [4.69, 9.17) is 10.5 Å². The normalized spacial score (nSPS) is 10.7. The molecule has 7 nitrogen and oxygen atoms in total. The topological polar surface area (TPSA) is 102 Å². The Hall–Kier alpha value is -2.48. The highest BCUT2D eigenvalue weighted by molar-refractivity contribution is 7.15. The number of rotatable bonds is 5. The molecule has 0 spiro atoms. The number of hydrogen-bond donors (Lipinski definition) is 2. The molecule has 0 aliphatic carbocycles. The molecule has 3 N–H and O–H groups in total. The maximum Gasteiger partial charge on any atom is 0.247 e. The van der Waals surface area contributed by atoms with Crippen molar-refractivity contribution in [1.82, 2.24) is 15.6 Å². The van der Waals surface area contributed by atoms with E-state index in [1.807, 2.05) is 24.3 Å². The van der Waals surface area contributed by atoms with Crippen LogP contribution in [0.15, 0.2) is 29.4 Å². The van der Waals surface area contributed by atoms with Crippen LogP contribution in [0, 0.1) is 0 Å². The van der Waals surface area contributed by atoms with E-state index in [-0.39, 0.29) is 12.3 Å². The minimum atomic E-state index is -0.285. The molecular formula is C12H13N5O2S. The van der Waals surface area contributed by atoms with E-state index in [2.05, 4.69) is 20.7 Å². The molecule has 1 heterocycles. The number of benzene rings is 1. The lowest BCUT2D eigenvalue weighted by Crippen LogP contribution is -2.19. The third-order valence-electron chi connectivity index (χ3n) is 2.33. The molecule has 0 aliphatic rings. The molecule has 0 saturated carbocycles. The summed E-state index contributed by atoms with van der Waals surface area (Å²) in [6.07, 6.45) is 1.61. The van der Waals surface area contributed by atoms with Gasteiger partial charge in [0.15, 0.2) is 0 Å². The number of hydrogen-bond acceptors (Lipinski definition) is 7. The minimum Gasteiger partial charge on any atom is -0.496 e. The van der Waals surface area contributed by atoms with Gasteiger partial charge in [0.2, 0.25) is 11.0 Å². The molecule has 2 rings (SSSR count). The average Bonchev–Trinajstić information content (AvgIpc) is 2.84. The first-order valence-corrected chi connectivity index (χ1v) is 6.53. The average molecular weight is 291 g/mol. The largest absolute Gasteiger partial charge is 0.496 e. The molecule has 0 saturated heterocycles. The van der Waals surface area contributed by atoms with Crippen LogP contribution in [0.2, 0.25) is 0 Å². The van der Waals surface area contributed by atoms with E-state index in [0.717, 1.165) is 5.56 Å². The Labute approximate surface area is 119 Å². The molecule has 0 fully saturated rings. The fourth-order valence-corrected chi connectivity index (χ4v) is 2.07. The summed E-state index contributed by atoms with van der Waals surface area (Å²) in [5.74, 6) is 0.398. The van der Waals surface area contributed by atoms with Crippen molar-refractivity contribution in [3.05, 3.63) is 34.8 Å². The van der Waals surface area contributed by atoms with Crippen LogP contribution in [0.25, 0.3) is 0 Å². The zero-order valence-electron chi connectivity index (χ0n) is 10.7. The van der Waals surface area contributed by atoms with Gasteiger partial charge >= 0.3 is 0 Å². The smallest absolute Gasteiger partial charge is 0.247 e. The van der Waals surface area contributed by atoms with Gasteiger partial charge in [0, 0.05) is 5.56 Å². The molecule has 1 aromatic heterocycles. The van der Waals surface area contributed by atoms with Crippen LogP contribution < -0.4 is 15.9 Å². The van der Waals surface area contributed by atoms with Gasteiger partial charge in [0.25, 0.3) is 0 Å². The second kappa shape index (κ2) is 6.62. The van der Waals surface area contributed by atoms with Gasteiger partial charge in [-0.3, -0.25) is 4.79 Å². The third kappa shape index (κ3) is 3.75. The lowest BCUT2D eigenvalue weighted by Gasteiger charge is -2.02. The monoisotopic (exact) mass is 291 g/mol. The number of nitrogens with zero attached hydrogens (tertiary/aromatic N) is 3. The van der Waals surface area contributed by atoms with Gasteiger partial charge in [0.05, 0.1) is 19.7 Å². The van der Waals surface area contributed by atoms with Gasteiger partial charge < -0.3 is 10.5 Å². The van der Waals surface area contributed by atoms with Crippen LogP contribution in [0.1, 0.15) is 10.6 Å². The quantitative estimate of drug-likeness (QED) is 0.627. The molecule has 2 aromatic rings. The molecule has 0 bridgehead atoms. The number of carbonyl (C=O) groups excluding carboxylic acids is 1. The first-order valence-electron chi connectivity index (χ1n) is 5.72. The lowest BCUT2D eigenvalue weighted by molar-refractivity contribution is -0.120. The number of para-hydroxylation sites is 1. The SMILES string of the molecule is COc1ccccc1/C=N/NC(=O)Cc1nnc(N)s1. The van der Waals surface area contributed by atoms with Crippen LogP contribution in [0.4, 0.5) is 5.13 Å². The fraction of sp³-hybridized carbons (Fsp3) is 0.167. The molecule has 8 heteroatoms. The highest BCUT2D eigenvalue weighted by Gasteiger charge is 2.07. The zero-order chi connectivity index (χ0) is 14.4. The van der Waals surface area contributed by atoms with Crippen molar-refractivity contribution < 1.29 is 9.53 Å². The maximum atomic E-state index is 11.6. The Balaban J connectivity index is 1.91. The Kier molecular flexibility index (Phi) is 4.61. The molecule has 1 amide bonds. The van der Waals surface area contributed by atoms with Crippen LogP contribution in [-0.2, 0) is 11.2 Å². The number of ether oxygens (including phenoxy) is 1. The lowest BCUT2D eigenvalue weighted by atomic mass is 10.2. The van der Waals surface area contributed by atoms with E-state index in [1.165, 1.54) is 17.6 Å². The number of carbonyl (C=O) groups is 1. The zero-order valence-corrected chi connectivity index (χ0v) is 11.6. The van der Waals surface area contributed by atoms with Gasteiger partial charge in [-0.15, -0.1) is 10.2 Å². The van der Waals surface area contributed by atoms with Crippen molar-refractivity contribution in [1.29, 1.82) is 0 Å². The predicted octanol–water partition coefficient (Wildman–Crippen LogP) is 0.822. The second-order valence-corrected chi connectivity index (χ2v) is 4.84. The first kappa shape index (κ1) is 13.9. The summed E-state index contributed by atoms with van der Waals surface area (Å²) in [6.45, 7) is 0. The predicted molar refractivity (Wildman–Crippen MR) is 76.8 cm³/mol. The Morgan fingerprint density at radius 1 is 1.50 bits per heavy atom. The number of methoxy groups -OCH3 is 1. The Morgan fingerprint density at radius 2 is 2.30 bits per heavy atom. The standard InChI is InChI=1S/C12H13N5O2S/c1-19-9-5-3-2-4-8(9)7-14-15-10(18)6-11-16-17-12(13)20-11/h2-5,7H,6H2,1H3,(H2,13,17)(H,15,18)/b14-7+. The molecule has 0 aliphatic heterocycles. The summed E-state index contributed by atoms with van der Waals surface area (Å²) in [7, 11) is 1.57. The molecule has 1 aromatic carbocycles. The summed E-state index contributed by atoms with van der Waals surface area (Å²) < 4.78 is 5.17. The van der Waals surface area contributed by atoms with Crippen LogP contribution in [-0.4, -0.2) is 29.4 Å². The van der Waals surface area contributed by atoms with E-state index >= 15 is 0 Å². The summed E-state index contributed by atoms with van der Waals surface area (Å²) >= 11 is 1.17. The van der Waals surface area contributed by atoms with Gasteiger partial charge in [-0.05, 0) is 12.1 Å². The molecule has 104 valence electrons. The Morgan fingerprint density at radius 3 is 3.00 bits per heavy atom. The summed E-state index contributed by atoms with van der Waals surface area (Å²) in [5.41, 5.74) is 8.62. The van der Waals surface area contributed by atoms with Crippen LogP contribution in [0.3, 0.4) is 0 Å². The number of nitrogens with two attached hydrogens (primary N) is 1. The highest BCUT2D eigenvalue weighted by Crippen LogP contribution is 2.14. The fourth-order valence-electron chi connectivity index (χ4n) is 1.46. The van der Waals surface area contributed by atoms with Crippen molar-refractivity contribution in [2.75, 3.05) is 12.8 Å². The van der Waals surface area contributed by atoms with Crippen molar-refractivity contribution >= 4 is 28.6 Å². The van der Waals surface area contributed by atoms with Crippen molar-refractivity contribution in [2.45, 2.75) is 6.42 Å². The molecule has 20 heavy (non-hydrogen) atoms. The minimum absolute atomic E-state index is 0.0954. The van der Waals surface area contributed by atoms with E-state index in [1.54, 1.807) is 7.11 Å². The summed E-state index contributed by atoms with van der Waals surface area (Å²) in [5, 5.41) is 12.2. The van der Waals surface area contributed by atoms with Crippen LogP contribution >= 0.6 is 11.3 Å². The second-order valence-electron chi connectivity index (χ2n) is 3.75. The van der Waals surface area contributed by atoms with Gasteiger partial charge in [0.1, 0.15) is 10.8 Å². The maximum absolute atomic E-state index is 11.6. The van der Waals surface area contributed by atoms with Crippen molar-refractivity contribution in [3.63, 3.8) is 0 Å².